The largest absolute Gasteiger partial charge is 0.504 e. The molecule has 0 fully saturated rings. The van der Waals surface area contributed by atoms with Gasteiger partial charge in [-0.15, -0.1) is 0 Å². The maximum Gasteiger partial charge on any atom is 0.262 e. The van der Waals surface area contributed by atoms with Gasteiger partial charge in [-0.2, -0.15) is 0 Å². The topological polar surface area (TPSA) is 68.2 Å². The maximum absolute atomic E-state index is 13.2. The van der Waals surface area contributed by atoms with E-state index in [1.807, 2.05) is 36.4 Å². The molecule has 2 aliphatic rings. The molecule has 0 unspecified atom stereocenters. The Morgan fingerprint density at radius 3 is 2.57 bits per heavy atom. The summed E-state index contributed by atoms with van der Waals surface area (Å²) < 4.78 is 28.6. The molecule has 7 heteroatoms. The minimum Gasteiger partial charge on any atom is -0.504 e. The first-order chi connectivity index (χ1) is 13.7. The van der Waals surface area contributed by atoms with Gasteiger partial charge in [0.05, 0.1) is 24.5 Å². The molecule has 3 aromatic rings. The van der Waals surface area contributed by atoms with Crippen LogP contribution < -0.4 is 24.5 Å². The summed E-state index contributed by atoms with van der Waals surface area (Å²) in [4.78, 5) is 13.2. The quantitative estimate of drug-likeness (QED) is 0.651. The predicted molar refractivity (Wildman–Crippen MR) is 103 cm³/mol. The molecule has 28 heavy (non-hydrogen) atoms. The molecule has 0 spiro atoms. The van der Waals surface area contributed by atoms with Crippen molar-refractivity contribution in [3.8, 4) is 34.3 Å². The van der Waals surface area contributed by atoms with Crippen LogP contribution in [0.3, 0.4) is 0 Å². The van der Waals surface area contributed by atoms with Crippen LogP contribution in [-0.2, 0) is 11.8 Å². The number of hydrogen-bond acceptors (Lipinski definition) is 6. The second-order valence-electron chi connectivity index (χ2n) is 6.49. The fourth-order valence-electron chi connectivity index (χ4n) is 3.57. The number of methoxy groups -OCH3 is 1. The zero-order valence-corrected chi connectivity index (χ0v) is 15.4. The lowest BCUT2D eigenvalue weighted by molar-refractivity contribution is 0.174. The van der Waals surface area contributed by atoms with E-state index >= 15 is 0 Å². The summed E-state index contributed by atoms with van der Waals surface area (Å²) in [6, 6.07) is 9.40. The third-order valence-corrected chi connectivity index (χ3v) is 4.95. The fourth-order valence-corrected chi connectivity index (χ4v) is 3.57. The number of fused-ring (bicyclic) bond motifs is 4. The summed E-state index contributed by atoms with van der Waals surface area (Å²) in [5.74, 6) is 2.38. The third kappa shape index (κ3) is 2.40. The zero-order chi connectivity index (χ0) is 19.3. The number of rotatable bonds is 3. The van der Waals surface area contributed by atoms with Crippen molar-refractivity contribution in [1.29, 1.82) is 0 Å². The zero-order valence-electron chi connectivity index (χ0n) is 15.4. The van der Waals surface area contributed by atoms with E-state index in [1.165, 1.54) is 0 Å². The van der Waals surface area contributed by atoms with Crippen molar-refractivity contribution in [2.45, 2.75) is 0 Å². The van der Waals surface area contributed by atoms with Gasteiger partial charge in [0, 0.05) is 12.6 Å². The van der Waals surface area contributed by atoms with Gasteiger partial charge in [0.15, 0.2) is 23.0 Å². The molecule has 7 nitrogen and oxygen atoms in total. The summed E-state index contributed by atoms with van der Waals surface area (Å²) in [6.07, 6.45) is 3.41. The van der Waals surface area contributed by atoms with Crippen LogP contribution in [0.5, 0.6) is 23.0 Å². The van der Waals surface area contributed by atoms with Crippen molar-refractivity contribution in [3.63, 3.8) is 0 Å². The Hall–Kier alpha value is -3.61. The minimum absolute atomic E-state index is 0.119. The molecule has 2 aromatic carbocycles. The highest BCUT2D eigenvalue weighted by atomic mass is 16.7. The lowest BCUT2D eigenvalue weighted by Gasteiger charge is -2.14. The molecule has 0 bridgehead atoms. The Morgan fingerprint density at radius 1 is 1.00 bits per heavy atom. The average molecular weight is 379 g/mol. The number of aromatic nitrogens is 1. The van der Waals surface area contributed by atoms with E-state index in [2.05, 4.69) is 0 Å². The van der Waals surface area contributed by atoms with E-state index in [4.69, 9.17) is 23.7 Å². The Kier molecular flexibility index (Phi) is 3.68. The smallest absolute Gasteiger partial charge is 0.262 e. The monoisotopic (exact) mass is 379 g/mol. The van der Waals surface area contributed by atoms with E-state index in [0.717, 1.165) is 22.2 Å². The van der Waals surface area contributed by atoms with Gasteiger partial charge in [-0.1, -0.05) is 6.07 Å². The summed E-state index contributed by atoms with van der Waals surface area (Å²) in [5, 5.41) is 1.29. The molecular formula is C21H17NO6. The summed E-state index contributed by atoms with van der Waals surface area (Å²) in [7, 11) is 3.32. The van der Waals surface area contributed by atoms with Gasteiger partial charge >= 0.3 is 0 Å². The molecule has 0 saturated carbocycles. The van der Waals surface area contributed by atoms with Crippen LogP contribution in [-0.4, -0.2) is 25.3 Å². The number of hydrogen-bond donors (Lipinski definition) is 0. The molecule has 2 aliphatic heterocycles. The molecule has 142 valence electrons. The molecule has 0 saturated heterocycles. The summed E-state index contributed by atoms with van der Waals surface area (Å²) >= 11 is 0. The van der Waals surface area contributed by atoms with Gasteiger partial charge in [0.25, 0.3) is 5.56 Å². The van der Waals surface area contributed by atoms with E-state index in [1.54, 1.807) is 25.0 Å². The second kappa shape index (κ2) is 6.23. The number of ether oxygens (including phenoxy) is 5. The summed E-state index contributed by atoms with van der Waals surface area (Å²) in [5.41, 5.74) is 2.26. The molecule has 0 aliphatic carbocycles. The van der Waals surface area contributed by atoms with Crippen LogP contribution in [0.2, 0.25) is 0 Å². The van der Waals surface area contributed by atoms with Gasteiger partial charge < -0.3 is 28.3 Å². The van der Waals surface area contributed by atoms with Crippen molar-refractivity contribution >= 4 is 16.8 Å². The second-order valence-corrected chi connectivity index (χ2v) is 6.49. The highest BCUT2D eigenvalue weighted by Gasteiger charge is 2.23. The van der Waals surface area contributed by atoms with Gasteiger partial charge in [-0.25, -0.2) is 0 Å². The first-order valence-electron chi connectivity index (χ1n) is 8.73. The van der Waals surface area contributed by atoms with Crippen LogP contribution in [0, 0.1) is 0 Å². The lowest BCUT2D eigenvalue weighted by Crippen LogP contribution is -2.19. The van der Waals surface area contributed by atoms with Crippen LogP contribution >= 0.6 is 0 Å². The molecule has 0 radical (unpaired) electrons. The molecule has 0 N–H and O–H groups in total. The van der Waals surface area contributed by atoms with Crippen molar-refractivity contribution in [3.05, 3.63) is 52.5 Å². The molecule has 0 atom stereocenters. The Bertz CT molecular complexity index is 1190. The van der Waals surface area contributed by atoms with Gasteiger partial charge in [-0.3, -0.25) is 4.79 Å². The Morgan fingerprint density at radius 2 is 1.75 bits per heavy atom. The SMILES string of the molecule is CO/C=C/c1cc2c(cc1-c1cc3ccc4c(c3c(=O)n1C)OCO4)OCO2. The van der Waals surface area contributed by atoms with Crippen LogP contribution in [0.15, 0.2) is 41.4 Å². The first-order valence-corrected chi connectivity index (χ1v) is 8.73. The van der Waals surface area contributed by atoms with Gasteiger partial charge in [0.1, 0.15) is 0 Å². The molecule has 5 rings (SSSR count). The van der Waals surface area contributed by atoms with Crippen LogP contribution in [0.25, 0.3) is 28.1 Å². The van der Waals surface area contributed by atoms with Crippen molar-refractivity contribution in [1.82, 2.24) is 4.57 Å². The molecule has 3 heterocycles. The Balaban J connectivity index is 1.78. The fraction of sp³-hybridized carbons (Fsp3) is 0.190. The number of nitrogens with zero attached hydrogens (tertiary/aromatic N) is 1. The minimum atomic E-state index is -0.158. The number of benzene rings is 2. The van der Waals surface area contributed by atoms with Gasteiger partial charge in [0.2, 0.25) is 13.6 Å². The highest BCUT2D eigenvalue weighted by Crippen LogP contribution is 2.41. The third-order valence-electron chi connectivity index (χ3n) is 4.95. The van der Waals surface area contributed by atoms with Gasteiger partial charge in [-0.05, 0) is 41.3 Å². The Labute approximate surface area is 160 Å². The standard InChI is InChI=1S/C21H17NO6/c1-22-15(7-13-3-4-16-20(28-11-25-16)19(13)21(22)23)14-9-18-17(26-10-27-18)8-12(14)5-6-24-2/h3-9H,10-11H2,1-2H3/b6-5+. The van der Waals surface area contributed by atoms with E-state index in [9.17, 15) is 4.79 Å². The van der Waals surface area contributed by atoms with E-state index < -0.39 is 0 Å². The first kappa shape index (κ1) is 16.6. The van der Waals surface area contributed by atoms with Crippen molar-refractivity contribution in [2.75, 3.05) is 20.7 Å². The van der Waals surface area contributed by atoms with E-state index in [0.29, 0.717) is 28.4 Å². The number of pyridine rings is 1. The van der Waals surface area contributed by atoms with Crippen LogP contribution in [0.4, 0.5) is 0 Å². The summed E-state index contributed by atoms with van der Waals surface area (Å²) in [6.45, 7) is 0.291. The van der Waals surface area contributed by atoms with Crippen molar-refractivity contribution in [2.24, 2.45) is 7.05 Å². The molecular weight excluding hydrogens is 362 g/mol. The highest BCUT2D eigenvalue weighted by molar-refractivity contribution is 5.93. The normalized spacial score (nSPS) is 14.2. The van der Waals surface area contributed by atoms with Crippen LogP contribution in [0.1, 0.15) is 5.56 Å². The maximum atomic E-state index is 13.2. The molecule has 0 amide bonds. The van der Waals surface area contributed by atoms with Crippen molar-refractivity contribution < 1.29 is 23.7 Å². The van der Waals surface area contributed by atoms with E-state index in [-0.39, 0.29) is 19.1 Å². The molecule has 1 aromatic heterocycles. The average Bonchev–Trinajstić information content (AvgIpc) is 3.36. The lowest BCUT2D eigenvalue weighted by atomic mass is 10.00. The predicted octanol–water partition coefficient (Wildman–Crippen LogP) is 3.28.